The number of fused-ring (bicyclic) bond motifs is 1. The third-order valence-corrected chi connectivity index (χ3v) is 8.28. The van der Waals surface area contributed by atoms with Crippen LogP contribution in [0, 0.1) is 11.8 Å². The molecule has 12 heteroatoms. The molecule has 0 aliphatic carbocycles. The minimum atomic E-state index is -1.09. The zero-order valence-corrected chi connectivity index (χ0v) is 20.3. The van der Waals surface area contributed by atoms with E-state index in [1.165, 1.54) is 16.7 Å². The highest BCUT2D eigenvalue weighted by molar-refractivity contribution is 8.03. The number of nitrogens with one attached hydrogen (secondary N) is 2. The second-order valence-corrected chi connectivity index (χ2v) is 10.5. The van der Waals surface area contributed by atoms with Crippen molar-refractivity contribution in [1.82, 2.24) is 35.4 Å². The Balaban J connectivity index is 1.51. The van der Waals surface area contributed by atoms with Crippen LogP contribution in [-0.4, -0.2) is 92.7 Å². The maximum Gasteiger partial charge on any atom is 0.353 e. The number of rotatable bonds is 8. The van der Waals surface area contributed by atoms with Gasteiger partial charge in [0.1, 0.15) is 5.70 Å². The summed E-state index contributed by atoms with van der Waals surface area (Å²) < 4.78 is 1.70. The molecule has 6 atom stereocenters. The Morgan fingerprint density at radius 2 is 2.15 bits per heavy atom. The van der Waals surface area contributed by atoms with Gasteiger partial charge in [-0.15, -0.1) is 16.9 Å². The van der Waals surface area contributed by atoms with Gasteiger partial charge in [0, 0.05) is 43.3 Å². The molecule has 0 saturated carbocycles. The first-order valence-corrected chi connectivity index (χ1v) is 12.0. The molecular formula is C21H31N7O4S. The molecule has 11 nitrogen and oxygen atoms in total. The molecule has 0 spiro atoms. The number of amides is 2. The van der Waals surface area contributed by atoms with Crippen molar-refractivity contribution in [3.63, 3.8) is 0 Å². The van der Waals surface area contributed by atoms with E-state index in [9.17, 15) is 19.5 Å². The molecule has 0 radical (unpaired) electrons. The monoisotopic (exact) mass is 477 g/mol. The molecule has 0 bridgehead atoms. The number of thioether (sulfide) groups is 1. The van der Waals surface area contributed by atoms with Gasteiger partial charge in [-0.3, -0.25) is 9.59 Å². The number of carbonyl (C=O) groups is 3. The molecule has 3 aliphatic rings. The molecule has 2 fully saturated rings. The summed E-state index contributed by atoms with van der Waals surface area (Å²) in [4.78, 5) is 41.3. The van der Waals surface area contributed by atoms with Crippen LogP contribution >= 0.6 is 11.8 Å². The molecule has 2 amide bonds. The average Bonchev–Trinajstić information content (AvgIpc) is 3.47. The van der Waals surface area contributed by atoms with Crippen LogP contribution in [0.3, 0.4) is 0 Å². The van der Waals surface area contributed by atoms with Crippen LogP contribution in [0.15, 0.2) is 16.8 Å². The third-order valence-electron chi connectivity index (χ3n) is 6.77. The lowest BCUT2D eigenvalue weighted by atomic mass is 9.78. The zero-order chi connectivity index (χ0) is 24.0. The Morgan fingerprint density at radius 1 is 1.42 bits per heavy atom. The predicted octanol–water partition coefficient (Wildman–Crippen LogP) is -0.117. The van der Waals surface area contributed by atoms with E-state index >= 15 is 0 Å². The number of aromatic nitrogens is 3. The summed E-state index contributed by atoms with van der Waals surface area (Å²) in [5.74, 6) is -1.75. The molecule has 1 aromatic heterocycles. The van der Waals surface area contributed by atoms with E-state index in [1.54, 1.807) is 23.7 Å². The lowest BCUT2D eigenvalue weighted by molar-refractivity contribution is -0.159. The summed E-state index contributed by atoms with van der Waals surface area (Å²) in [7, 11) is 5.28. The van der Waals surface area contributed by atoms with Crippen LogP contribution in [0.4, 0.5) is 0 Å². The van der Waals surface area contributed by atoms with Crippen LogP contribution in [0.5, 0.6) is 0 Å². The topological polar surface area (TPSA) is 133 Å². The Labute approximate surface area is 196 Å². The number of aliphatic carboxylic acids is 1. The fraction of sp³-hybridized carbons (Fsp3) is 0.667. The number of nitrogens with zero attached hydrogens (tertiary/aromatic N) is 5. The quantitative estimate of drug-likeness (QED) is 0.438. The summed E-state index contributed by atoms with van der Waals surface area (Å²) in [6.07, 6.45) is 2.44. The van der Waals surface area contributed by atoms with Crippen molar-refractivity contribution in [2.24, 2.45) is 11.8 Å². The van der Waals surface area contributed by atoms with Gasteiger partial charge < -0.3 is 25.5 Å². The van der Waals surface area contributed by atoms with Crippen LogP contribution in [0.2, 0.25) is 0 Å². The maximum absolute atomic E-state index is 13.1. The number of hydrogen-bond acceptors (Lipinski definition) is 8. The van der Waals surface area contributed by atoms with E-state index in [0.717, 1.165) is 10.6 Å². The molecule has 1 aromatic rings. The second-order valence-electron chi connectivity index (χ2n) is 9.16. The SMILES string of the molecule is CNCc1cn(C(C)[C@H]2C(=O)N3C(C(=O)O)=C(S[C@H]4CN[C@H](C(=O)N(C)C)C4)[C@H](C)[C@H]23)nn1. The number of carbonyl (C=O) groups excluding carboxylic acids is 2. The van der Waals surface area contributed by atoms with E-state index < -0.39 is 5.97 Å². The minimum Gasteiger partial charge on any atom is -0.477 e. The van der Waals surface area contributed by atoms with E-state index in [-0.39, 0.29) is 52.7 Å². The zero-order valence-electron chi connectivity index (χ0n) is 19.5. The number of hydrogen-bond donors (Lipinski definition) is 3. The molecular weight excluding hydrogens is 446 g/mol. The number of carboxylic acid groups (broad SMARTS) is 1. The van der Waals surface area contributed by atoms with Crippen molar-refractivity contribution in [2.75, 3.05) is 27.7 Å². The molecule has 3 aliphatic heterocycles. The Bertz CT molecular complexity index is 993. The lowest BCUT2D eigenvalue weighted by Crippen LogP contribution is -2.62. The molecule has 1 unspecified atom stereocenters. The second kappa shape index (κ2) is 9.07. The van der Waals surface area contributed by atoms with Crippen molar-refractivity contribution >= 4 is 29.5 Å². The van der Waals surface area contributed by atoms with Gasteiger partial charge in [0.15, 0.2) is 0 Å². The van der Waals surface area contributed by atoms with Gasteiger partial charge in [-0.25, -0.2) is 9.48 Å². The largest absolute Gasteiger partial charge is 0.477 e. The van der Waals surface area contributed by atoms with Crippen LogP contribution in [-0.2, 0) is 20.9 Å². The highest BCUT2D eigenvalue weighted by Gasteiger charge is 2.60. The molecule has 180 valence electrons. The van der Waals surface area contributed by atoms with Gasteiger partial charge in [0.25, 0.3) is 0 Å². The summed E-state index contributed by atoms with van der Waals surface area (Å²) >= 11 is 1.49. The molecule has 2 saturated heterocycles. The van der Waals surface area contributed by atoms with E-state index in [1.807, 2.05) is 27.1 Å². The summed E-state index contributed by atoms with van der Waals surface area (Å²) in [5, 5.41) is 24.6. The van der Waals surface area contributed by atoms with Crippen molar-refractivity contribution in [3.8, 4) is 0 Å². The third kappa shape index (κ3) is 4.04. The number of carboxylic acids is 1. The van der Waals surface area contributed by atoms with Gasteiger partial charge >= 0.3 is 5.97 Å². The van der Waals surface area contributed by atoms with Gasteiger partial charge in [0.2, 0.25) is 11.8 Å². The first kappa shape index (κ1) is 23.7. The van der Waals surface area contributed by atoms with Gasteiger partial charge in [0.05, 0.1) is 35.9 Å². The molecule has 4 heterocycles. The van der Waals surface area contributed by atoms with E-state index in [4.69, 9.17) is 0 Å². The maximum atomic E-state index is 13.1. The van der Waals surface area contributed by atoms with Crippen molar-refractivity contribution in [3.05, 3.63) is 22.5 Å². The number of likely N-dealkylation sites (N-methyl/N-ethyl adjacent to an activating group) is 1. The highest BCUT2D eigenvalue weighted by atomic mass is 32.2. The number of β-lactam (4-membered cyclic amide) rings is 1. The summed E-state index contributed by atoms with van der Waals surface area (Å²) in [6, 6.07) is -0.741. The standard InChI is InChI=1S/C21H31N7O4S/c1-10-16-15(11(2)27-9-12(7-22-3)24-25-27)20(30)28(16)17(21(31)32)18(10)33-13-6-14(23-8-13)19(29)26(4)5/h9-11,13-16,22-23H,6-8H2,1-5H3,(H,31,32)/t10-,11?,13-,14+,15-,16-/m1/s1. The molecule has 0 aromatic carbocycles. The fourth-order valence-corrected chi connectivity index (χ4v) is 6.57. The smallest absolute Gasteiger partial charge is 0.353 e. The van der Waals surface area contributed by atoms with Crippen molar-refractivity contribution in [2.45, 2.75) is 50.2 Å². The van der Waals surface area contributed by atoms with Gasteiger partial charge in [-0.2, -0.15) is 0 Å². The predicted molar refractivity (Wildman–Crippen MR) is 122 cm³/mol. The van der Waals surface area contributed by atoms with E-state index in [0.29, 0.717) is 19.5 Å². The molecule has 4 rings (SSSR count). The van der Waals surface area contributed by atoms with Crippen molar-refractivity contribution < 1.29 is 19.5 Å². The first-order valence-electron chi connectivity index (χ1n) is 11.1. The Hall–Kier alpha value is -2.44. The Kier molecular flexibility index (Phi) is 6.52. The Morgan fingerprint density at radius 3 is 2.79 bits per heavy atom. The first-order chi connectivity index (χ1) is 15.6. The molecule has 3 N–H and O–H groups in total. The molecule has 33 heavy (non-hydrogen) atoms. The van der Waals surface area contributed by atoms with Crippen LogP contribution < -0.4 is 10.6 Å². The van der Waals surface area contributed by atoms with Gasteiger partial charge in [-0.1, -0.05) is 12.1 Å². The normalized spacial score (nSPS) is 29.8. The summed E-state index contributed by atoms with van der Waals surface area (Å²) in [5.41, 5.74) is 0.867. The highest BCUT2D eigenvalue weighted by Crippen LogP contribution is 2.53. The average molecular weight is 478 g/mol. The van der Waals surface area contributed by atoms with Gasteiger partial charge in [-0.05, 0) is 20.4 Å². The van der Waals surface area contributed by atoms with E-state index in [2.05, 4.69) is 20.9 Å². The fourth-order valence-electron chi connectivity index (χ4n) is 5.09. The van der Waals surface area contributed by atoms with Crippen LogP contribution in [0.25, 0.3) is 0 Å². The minimum absolute atomic E-state index is 0.0170. The lowest BCUT2D eigenvalue weighted by Gasteiger charge is -2.47. The van der Waals surface area contributed by atoms with Crippen LogP contribution in [0.1, 0.15) is 32.0 Å². The summed E-state index contributed by atoms with van der Waals surface area (Å²) in [6.45, 7) is 5.11. The van der Waals surface area contributed by atoms with Crippen molar-refractivity contribution in [1.29, 1.82) is 0 Å².